The van der Waals surface area contributed by atoms with Crippen LogP contribution in [0.3, 0.4) is 0 Å². The predicted octanol–water partition coefficient (Wildman–Crippen LogP) is 1.06. The highest BCUT2D eigenvalue weighted by atomic mass is 32.2. The Bertz CT molecular complexity index is 1030. The third-order valence-corrected chi connectivity index (χ3v) is 5.62. The van der Waals surface area contributed by atoms with Gasteiger partial charge in [-0.15, -0.1) is 0 Å². The molecule has 0 fully saturated rings. The first-order valence-corrected chi connectivity index (χ1v) is 10.4. The number of ether oxygens (including phenoxy) is 2. The summed E-state index contributed by atoms with van der Waals surface area (Å²) in [4.78, 5) is 20.9. The fraction of sp³-hybridized carbons (Fsp3) is 0.444. The lowest BCUT2D eigenvalue weighted by molar-refractivity contribution is 0.235. The third-order valence-electron chi connectivity index (χ3n) is 4.72. The summed E-state index contributed by atoms with van der Waals surface area (Å²) < 4.78 is 34.3. The van der Waals surface area contributed by atoms with Gasteiger partial charge in [-0.05, 0) is 25.0 Å². The topological polar surface area (TPSA) is 102 Å². The minimum Gasteiger partial charge on any atom is -0.497 e. The van der Waals surface area contributed by atoms with E-state index < -0.39 is 9.84 Å². The molecular weight excluding hydrogens is 370 g/mol. The number of aromatic nitrogens is 2. The van der Waals surface area contributed by atoms with Crippen molar-refractivity contribution < 1.29 is 17.9 Å². The van der Waals surface area contributed by atoms with Gasteiger partial charge < -0.3 is 9.47 Å². The maximum atomic E-state index is 12.2. The highest BCUT2D eigenvalue weighted by Crippen LogP contribution is 2.30. The summed E-state index contributed by atoms with van der Waals surface area (Å²) in [5, 5.41) is -0.286. The molecule has 2 heterocycles. The second-order valence-corrected chi connectivity index (χ2v) is 8.59. The minimum absolute atomic E-state index is 0.286. The number of hydrogen-bond donors (Lipinski definition) is 1. The zero-order chi connectivity index (χ0) is 19.8. The molecule has 0 aliphatic carbocycles. The van der Waals surface area contributed by atoms with E-state index in [2.05, 4.69) is 14.9 Å². The number of fused-ring (bicyclic) bond motifs is 1. The van der Waals surface area contributed by atoms with Crippen molar-refractivity contribution in [1.29, 1.82) is 0 Å². The van der Waals surface area contributed by atoms with Crippen molar-refractivity contribution in [3.63, 3.8) is 0 Å². The number of aryl methyl sites for hydroxylation is 1. The second-order valence-electron chi connectivity index (χ2n) is 6.65. The lowest BCUT2D eigenvalue weighted by Crippen LogP contribution is -2.36. The van der Waals surface area contributed by atoms with Gasteiger partial charge in [0.15, 0.2) is 0 Å². The number of sulfone groups is 1. The van der Waals surface area contributed by atoms with Crippen LogP contribution in [0.25, 0.3) is 0 Å². The highest BCUT2D eigenvalue weighted by Gasteiger charge is 2.24. The molecule has 1 aliphatic heterocycles. The normalized spacial score (nSPS) is 14.7. The van der Waals surface area contributed by atoms with Crippen LogP contribution in [-0.4, -0.2) is 50.3 Å². The van der Waals surface area contributed by atoms with E-state index in [-0.39, 0.29) is 10.7 Å². The average molecular weight is 393 g/mol. The first-order valence-electron chi connectivity index (χ1n) is 8.49. The Balaban J connectivity index is 1.91. The number of H-pyrrole nitrogens is 1. The van der Waals surface area contributed by atoms with Gasteiger partial charge in [-0.3, -0.25) is 14.7 Å². The summed E-state index contributed by atoms with van der Waals surface area (Å²) in [6.07, 6.45) is 1.54. The van der Waals surface area contributed by atoms with Gasteiger partial charge in [0.1, 0.15) is 11.5 Å². The van der Waals surface area contributed by atoms with Gasteiger partial charge in [-0.1, -0.05) is 0 Å². The van der Waals surface area contributed by atoms with Crippen LogP contribution in [0.15, 0.2) is 22.1 Å². The van der Waals surface area contributed by atoms with E-state index in [9.17, 15) is 13.2 Å². The Morgan fingerprint density at radius 1 is 1.26 bits per heavy atom. The first-order chi connectivity index (χ1) is 12.7. The van der Waals surface area contributed by atoms with Crippen molar-refractivity contribution in [2.45, 2.75) is 31.6 Å². The van der Waals surface area contributed by atoms with Crippen molar-refractivity contribution in [2.24, 2.45) is 0 Å². The molecule has 1 N–H and O–H groups in total. The fourth-order valence-corrected chi connectivity index (χ4v) is 3.81. The molecule has 0 bridgehead atoms. The van der Waals surface area contributed by atoms with Gasteiger partial charge in [0.05, 0.1) is 19.9 Å². The zero-order valence-electron chi connectivity index (χ0n) is 15.8. The molecule has 0 spiro atoms. The lowest BCUT2D eigenvalue weighted by atomic mass is 10.0. The Hall–Kier alpha value is -2.39. The number of rotatable bonds is 5. The molecule has 8 nitrogen and oxygen atoms in total. The number of methoxy groups -OCH3 is 2. The molecule has 1 aliphatic rings. The molecule has 1 aromatic carbocycles. The van der Waals surface area contributed by atoms with Crippen molar-refractivity contribution in [3.05, 3.63) is 44.9 Å². The van der Waals surface area contributed by atoms with Crippen LogP contribution in [0.1, 0.15) is 22.4 Å². The van der Waals surface area contributed by atoms with Crippen LogP contribution in [0.4, 0.5) is 0 Å². The van der Waals surface area contributed by atoms with Crippen LogP contribution in [0.2, 0.25) is 0 Å². The highest BCUT2D eigenvalue weighted by molar-refractivity contribution is 7.90. The molecule has 0 atom stereocenters. The van der Waals surface area contributed by atoms with Crippen LogP contribution in [0.5, 0.6) is 11.5 Å². The largest absolute Gasteiger partial charge is 0.497 e. The van der Waals surface area contributed by atoms with E-state index in [0.717, 1.165) is 28.9 Å². The number of hydrogen-bond acceptors (Lipinski definition) is 7. The molecule has 0 saturated carbocycles. The summed E-state index contributed by atoms with van der Waals surface area (Å²) >= 11 is 0. The molecule has 0 unspecified atom stereocenters. The molecule has 146 valence electrons. The lowest BCUT2D eigenvalue weighted by Gasteiger charge is -2.28. The number of nitrogens with zero attached hydrogens (tertiary/aromatic N) is 2. The molecule has 3 rings (SSSR count). The maximum absolute atomic E-state index is 12.2. The second kappa shape index (κ2) is 7.32. The Morgan fingerprint density at radius 2 is 2.00 bits per heavy atom. The smallest absolute Gasteiger partial charge is 0.255 e. The van der Waals surface area contributed by atoms with Crippen molar-refractivity contribution in [2.75, 3.05) is 27.0 Å². The van der Waals surface area contributed by atoms with Crippen LogP contribution >= 0.6 is 0 Å². The monoisotopic (exact) mass is 393 g/mol. The summed E-state index contributed by atoms with van der Waals surface area (Å²) in [5.74, 6) is 1.46. The maximum Gasteiger partial charge on any atom is 0.255 e. The molecule has 1 aromatic heterocycles. The summed E-state index contributed by atoms with van der Waals surface area (Å²) in [6, 6.07) is 3.78. The number of nitrogens with one attached hydrogen (secondary N) is 1. The third kappa shape index (κ3) is 3.98. The molecule has 9 heteroatoms. The van der Waals surface area contributed by atoms with E-state index in [4.69, 9.17) is 9.47 Å². The van der Waals surface area contributed by atoms with Crippen LogP contribution in [-0.2, 0) is 29.3 Å². The number of aromatic amines is 1. The zero-order valence-corrected chi connectivity index (χ0v) is 16.6. The van der Waals surface area contributed by atoms with E-state index in [0.29, 0.717) is 37.3 Å². The Morgan fingerprint density at radius 3 is 2.63 bits per heavy atom. The van der Waals surface area contributed by atoms with E-state index in [1.54, 1.807) is 14.2 Å². The molecular formula is C18H23N3O5S. The van der Waals surface area contributed by atoms with Crippen molar-refractivity contribution in [1.82, 2.24) is 14.9 Å². The Kier molecular flexibility index (Phi) is 5.25. The molecule has 27 heavy (non-hydrogen) atoms. The van der Waals surface area contributed by atoms with Gasteiger partial charge in [0.2, 0.25) is 15.0 Å². The van der Waals surface area contributed by atoms with E-state index in [1.807, 2.05) is 19.1 Å². The summed E-state index contributed by atoms with van der Waals surface area (Å²) in [6.45, 7) is 3.66. The SMILES string of the molecule is COc1cc(C)c(CN2CCc3c(nc(S(C)(=O)=O)[nH]c3=O)C2)c(OC)c1. The molecule has 0 radical (unpaired) electrons. The van der Waals surface area contributed by atoms with Gasteiger partial charge in [0, 0.05) is 43.1 Å². The standard InChI is InChI=1S/C18H23N3O5S/c1-11-7-12(25-2)8-16(26-3)14(11)9-21-6-5-13-15(10-21)19-18(20-17(13)22)27(4,23)24/h7-8H,5-6,9-10H2,1-4H3,(H,19,20,22). The molecule has 0 amide bonds. The number of benzene rings is 1. The average Bonchev–Trinajstić information content (AvgIpc) is 2.62. The van der Waals surface area contributed by atoms with Gasteiger partial charge in [-0.2, -0.15) is 0 Å². The predicted molar refractivity (Wildman–Crippen MR) is 100 cm³/mol. The Labute approximate surface area is 158 Å². The van der Waals surface area contributed by atoms with Crippen molar-refractivity contribution >= 4 is 9.84 Å². The van der Waals surface area contributed by atoms with Gasteiger partial charge in [-0.25, -0.2) is 13.4 Å². The van der Waals surface area contributed by atoms with Crippen molar-refractivity contribution in [3.8, 4) is 11.5 Å². The molecule has 0 saturated heterocycles. The quantitative estimate of drug-likeness (QED) is 0.758. The summed E-state index contributed by atoms with van der Waals surface area (Å²) in [7, 11) is -0.356. The minimum atomic E-state index is -3.58. The van der Waals surface area contributed by atoms with E-state index in [1.165, 1.54) is 0 Å². The fourth-order valence-electron chi connectivity index (χ4n) is 3.26. The molecule has 2 aromatic rings. The first kappa shape index (κ1) is 19.4. The van der Waals surface area contributed by atoms with Crippen LogP contribution in [0, 0.1) is 6.92 Å². The van der Waals surface area contributed by atoms with E-state index >= 15 is 0 Å². The summed E-state index contributed by atoms with van der Waals surface area (Å²) in [5.41, 5.74) is 2.74. The van der Waals surface area contributed by atoms with Gasteiger partial charge >= 0.3 is 0 Å². The van der Waals surface area contributed by atoms with Crippen LogP contribution < -0.4 is 15.0 Å². The van der Waals surface area contributed by atoms with Gasteiger partial charge in [0.25, 0.3) is 5.56 Å².